The van der Waals surface area contributed by atoms with Crippen LogP contribution in [0.5, 0.6) is 5.75 Å². The molecule has 1 aliphatic heterocycles. The molecular formula is C27H23N3O3. The SMILES string of the molecule is CCOc1cccc(NC2=C(c3ccc(C)c(C)c3)C(=O)N(c3ccc(C#N)cc3)C2=O)c1. The lowest BCUT2D eigenvalue weighted by Crippen LogP contribution is -2.32. The number of aryl methyl sites for hydroxylation is 2. The van der Waals surface area contributed by atoms with E-state index in [9.17, 15) is 9.59 Å². The molecule has 1 aliphatic rings. The number of nitrogens with one attached hydrogen (secondary N) is 1. The van der Waals surface area contributed by atoms with E-state index < -0.39 is 11.8 Å². The number of carbonyl (C=O) groups excluding carboxylic acids is 2. The quantitative estimate of drug-likeness (QED) is 0.551. The molecule has 0 radical (unpaired) electrons. The van der Waals surface area contributed by atoms with Gasteiger partial charge in [0.05, 0.1) is 29.5 Å². The van der Waals surface area contributed by atoms with Gasteiger partial charge >= 0.3 is 0 Å². The molecule has 0 unspecified atom stereocenters. The minimum absolute atomic E-state index is 0.196. The van der Waals surface area contributed by atoms with Crippen LogP contribution < -0.4 is 15.0 Å². The zero-order valence-corrected chi connectivity index (χ0v) is 18.7. The summed E-state index contributed by atoms with van der Waals surface area (Å²) in [5.74, 6) is -0.215. The van der Waals surface area contributed by atoms with Gasteiger partial charge in [0.2, 0.25) is 0 Å². The smallest absolute Gasteiger partial charge is 0.282 e. The number of hydrogen-bond acceptors (Lipinski definition) is 5. The Hall–Kier alpha value is -4.37. The summed E-state index contributed by atoms with van der Waals surface area (Å²) >= 11 is 0. The second kappa shape index (κ2) is 9.01. The van der Waals surface area contributed by atoms with Gasteiger partial charge in [0.15, 0.2) is 0 Å². The van der Waals surface area contributed by atoms with Crippen LogP contribution in [0.15, 0.2) is 72.4 Å². The fourth-order valence-corrected chi connectivity index (χ4v) is 3.70. The molecule has 33 heavy (non-hydrogen) atoms. The number of rotatable bonds is 6. The molecule has 0 bridgehead atoms. The van der Waals surface area contributed by atoms with Crippen LogP contribution in [0.1, 0.15) is 29.2 Å². The summed E-state index contributed by atoms with van der Waals surface area (Å²) in [5, 5.41) is 12.2. The number of ether oxygens (including phenoxy) is 1. The number of anilines is 2. The minimum Gasteiger partial charge on any atom is -0.494 e. The second-order valence-corrected chi connectivity index (χ2v) is 7.74. The maximum absolute atomic E-state index is 13.6. The first-order valence-corrected chi connectivity index (χ1v) is 10.6. The van der Waals surface area contributed by atoms with Crippen molar-refractivity contribution in [3.8, 4) is 11.8 Å². The molecule has 0 spiro atoms. The van der Waals surface area contributed by atoms with Crippen LogP contribution in [-0.2, 0) is 9.59 Å². The van der Waals surface area contributed by atoms with Gasteiger partial charge in [-0.15, -0.1) is 0 Å². The van der Waals surface area contributed by atoms with Crippen molar-refractivity contribution >= 4 is 28.8 Å². The molecule has 0 fully saturated rings. The fraction of sp³-hybridized carbons (Fsp3) is 0.148. The van der Waals surface area contributed by atoms with Gasteiger partial charge < -0.3 is 10.1 Å². The van der Waals surface area contributed by atoms with E-state index in [0.717, 1.165) is 16.0 Å². The molecule has 0 saturated heterocycles. The summed E-state index contributed by atoms with van der Waals surface area (Å²) in [6, 6.07) is 21.4. The topological polar surface area (TPSA) is 82.4 Å². The number of amides is 2. The van der Waals surface area contributed by atoms with Crippen molar-refractivity contribution in [1.29, 1.82) is 5.26 Å². The van der Waals surface area contributed by atoms with Gasteiger partial charge in [0.1, 0.15) is 11.4 Å². The maximum Gasteiger partial charge on any atom is 0.282 e. The highest BCUT2D eigenvalue weighted by molar-refractivity contribution is 6.46. The standard InChI is InChI=1S/C27H23N3O3/c1-4-33-23-7-5-6-21(15-23)29-25-24(20-11-8-17(2)18(3)14-20)26(31)30(27(25)32)22-12-9-19(16-28)10-13-22/h5-15,29H,4H2,1-3H3. The van der Waals surface area contributed by atoms with E-state index in [2.05, 4.69) is 5.32 Å². The van der Waals surface area contributed by atoms with Crippen molar-refractivity contribution in [2.45, 2.75) is 20.8 Å². The zero-order valence-electron chi connectivity index (χ0n) is 18.7. The number of imide groups is 1. The highest BCUT2D eigenvalue weighted by Crippen LogP contribution is 2.35. The Morgan fingerprint density at radius 1 is 0.939 bits per heavy atom. The summed E-state index contributed by atoms with van der Waals surface area (Å²) < 4.78 is 5.57. The third kappa shape index (κ3) is 4.21. The molecule has 2 amide bonds. The van der Waals surface area contributed by atoms with Crippen molar-refractivity contribution in [2.75, 3.05) is 16.8 Å². The van der Waals surface area contributed by atoms with Gasteiger partial charge in [-0.2, -0.15) is 5.26 Å². The lowest BCUT2D eigenvalue weighted by atomic mass is 9.99. The first-order valence-electron chi connectivity index (χ1n) is 10.6. The molecule has 1 N–H and O–H groups in total. The third-order valence-corrected chi connectivity index (χ3v) is 5.55. The lowest BCUT2D eigenvalue weighted by molar-refractivity contribution is -0.120. The summed E-state index contributed by atoms with van der Waals surface area (Å²) in [5.41, 5.74) is 4.77. The van der Waals surface area contributed by atoms with E-state index in [0.29, 0.717) is 40.4 Å². The molecule has 0 aliphatic carbocycles. The maximum atomic E-state index is 13.6. The second-order valence-electron chi connectivity index (χ2n) is 7.74. The van der Waals surface area contributed by atoms with E-state index in [1.165, 1.54) is 0 Å². The molecular weight excluding hydrogens is 414 g/mol. The van der Waals surface area contributed by atoms with E-state index in [-0.39, 0.29) is 5.70 Å². The summed E-state index contributed by atoms with van der Waals surface area (Å²) in [6.07, 6.45) is 0. The number of hydrogen-bond donors (Lipinski definition) is 1. The minimum atomic E-state index is -0.459. The predicted molar refractivity (Wildman–Crippen MR) is 128 cm³/mol. The van der Waals surface area contributed by atoms with Gasteiger partial charge in [-0.1, -0.05) is 24.3 Å². The van der Waals surface area contributed by atoms with Crippen molar-refractivity contribution in [1.82, 2.24) is 0 Å². The predicted octanol–water partition coefficient (Wildman–Crippen LogP) is 4.97. The average molecular weight is 437 g/mol. The summed E-state index contributed by atoms with van der Waals surface area (Å²) in [7, 11) is 0. The van der Waals surface area contributed by atoms with Crippen LogP contribution in [0.4, 0.5) is 11.4 Å². The summed E-state index contributed by atoms with van der Waals surface area (Å²) in [6.45, 7) is 6.38. The fourth-order valence-electron chi connectivity index (χ4n) is 3.70. The van der Waals surface area contributed by atoms with Gasteiger partial charge in [0, 0.05) is 11.8 Å². The first kappa shape index (κ1) is 21.8. The molecule has 6 nitrogen and oxygen atoms in total. The Bertz CT molecular complexity index is 1320. The number of nitrogens with zero attached hydrogens (tertiary/aromatic N) is 2. The van der Waals surface area contributed by atoms with Crippen molar-refractivity contribution in [2.24, 2.45) is 0 Å². The molecule has 0 saturated carbocycles. The van der Waals surface area contributed by atoms with Crippen molar-refractivity contribution < 1.29 is 14.3 Å². The third-order valence-electron chi connectivity index (χ3n) is 5.55. The monoisotopic (exact) mass is 437 g/mol. The lowest BCUT2D eigenvalue weighted by Gasteiger charge is -2.15. The van der Waals surface area contributed by atoms with Crippen LogP contribution in [0.3, 0.4) is 0 Å². The highest BCUT2D eigenvalue weighted by Gasteiger charge is 2.40. The Labute approximate surface area is 192 Å². The zero-order chi connectivity index (χ0) is 23.5. The highest BCUT2D eigenvalue weighted by atomic mass is 16.5. The van der Waals surface area contributed by atoms with Gasteiger partial charge in [-0.25, -0.2) is 4.90 Å². The van der Waals surface area contributed by atoms with Gasteiger partial charge in [-0.05, 0) is 73.9 Å². The summed E-state index contributed by atoms with van der Waals surface area (Å²) in [4.78, 5) is 28.2. The molecule has 3 aromatic carbocycles. The van der Waals surface area contributed by atoms with Crippen LogP contribution in [0.25, 0.3) is 5.57 Å². The van der Waals surface area contributed by atoms with E-state index in [1.54, 1.807) is 30.3 Å². The Balaban J connectivity index is 1.81. The number of carbonyl (C=O) groups is 2. The Morgan fingerprint density at radius 2 is 1.70 bits per heavy atom. The molecule has 0 atom stereocenters. The number of benzene rings is 3. The van der Waals surface area contributed by atoms with E-state index >= 15 is 0 Å². The first-order chi connectivity index (χ1) is 15.9. The Morgan fingerprint density at radius 3 is 2.36 bits per heavy atom. The molecule has 0 aromatic heterocycles. The van der Waals surface area contributed by atoms with Crippen LogP contribution >= 0.6 is 0 Å². The molecule has 164 valence electrons. The van der Waals surface area contributed by atoms with Crippen molar-refractivity contribution in [3.05, 3.63) is 94.7 Å². The molecule has 6 heteroatoms. The van der Waals surface area contributed by atoms with E-state index in [4.69, 9.17) is 10.00 Å². The largest absolute Gasteiger partial charge is 0.494 e. The van der Waals surface area contributed by atoms with Gasteiger partial charge in [-0.3, -0.25) is 9.59 Å². The number of nitriles is 1. The average Bonchev–Trinajstić information content (AvgIpc) is 3.05. The van der Waals surface area contributed by atoms with Gasteiger partial charge in [0.25, 0.3) is 11.8 Å². The van der Waals surface area contributed by atoms with Crippen LogP contribution in [0.2, 0.25) is 0 Å². The molecule has 1 heterocycles. The van der Waals surface area contributed by atoms with Crippen molar-refractivity contribution in [3.63, 3.8) is 0 Å². The normalized spacial score (nSPS) is 13.3. The van der Waals surface area contributed by atoms with Crippen LogP contribution in [0, 0.1) is 25.2 Å². The van der Waals surface area contributed by atoms with E-state index in [1.807, 2.05) is 63.2 Å². The molecule has 4 rings (SSSR count). The van der Waals surface area contributed by atoms with Crippen LogP contribution in [-0.4, -0.2) is 18.4 Å². The molecule has 3 aromatic rings. The Kier molecular flexibility index (Phi) is 5.97.